The third-order valence-electron chi connectivity index (χ3n) is 5.28. The van der Waals surface area contributed by atoms with Crippen LogP contribution in [0.25, 0.3) is 11.1 Å². The fourth-order valence-electron chi connectivity index (χ4n) is 3.67. The van der Waals surface area contributed by atoms with Gasteiger partial charge >= 0.3 is 0 Å². The lowest BCUT2D eigenvalue weighted by atomic mass is 9.98. The van der Waals surface area contributed by atoms with Crippen molar-refractivity contribution < 1.29 is 17.7 Å². The fraction of sp³-hybridized carbons (Fsp3) is 0.409. The summed E-state index contributed by atoms with van der Waals surface area (Å²) in [6.07, 6.45) is 5.23. The lowest BCUT2D eigenvalue weighted by Gasteiger charge is -2.43. The van der Waals surface area contributed by atoms with Crippen LogP contribution in [0, 0.1) is 5.92 Å². The van der Waals surface area contributed by atoms with E-state index in [1.807, 2.05) is 24.3 Å². The number of nitrogens with zero attached hydrogens (tertiary/aromatic N) is 4. The molecule has 31 heavy (non-hydrogen) atoms. The maximum absolute atomic E-state index is 11.6. The highest BCUT2D eigenvalue weighted by Gasteiger charge is 2.37. The fourth-order valence-corrected chi connectivity index (χ4v) is 4.23. The number of benzene rings is 1. The molecule has 1 atom stereocenters. The molecule has 9 heteroatoms. The summed E-state index contributed by atoms with van der Waals surface area (Å²) in [6, 6.07) is 11.1. The molecule has 1 unspecified atom stereocenters. The molecule has 1 aliphatic heterocycles. The van der Waals surface area contributed by atoms with Crippen molar-refractivity contribution in [2.75, 3.05) is 19.3 Å². The highest BCUT2D eigenvalue weighted by molar-refractivity contribution is 7.90. The summed E-state index contributed by atoms with van der Waals surface area (Å²) in [5, 5.41) is 3.82. The largest absolute Gasteiger partial charge is 0.488 e. The van der Waals surface area contributed by atoms with Gasteiger partial charge in [0.15, 0.2) is 21.2 Å². The van der Waals surface area contributed by atoms with Crippen LogP contribution in [0.2, 0.25) is 0 Å². The van der Waals surface area contributed by atoms with Gasteiger partial charge in [-0.3, -0.25) is 4.90 Å². The molecule has 0 N–H and O–H groups in total. The lowest BCUT2D eigenvalue weighted by molar-refractivity contribution is -0.0241. The minimum atomic E-state index is -3.30. The van der Waals surface area contributed by atoms with Gasteiger partial charge in [-0.1, -0.05) is 31.1 Å². The average molecular weight is 443 g/mol. The van der Waals surface area contributed by atoms with Crippen LogP contribution in [-0.4, -0.2) is 53.9 Å². The van der Waals surface area contributed by atoms with E-state index < -0.39 is 9.84 Å². The van der Waals surface area contributed by atoms with E-state index in [4.69, 9.17) is 9.26 Å². The Morgan fingerprint density at radius 1 is 1.10 bits per heavy atom. The van der Waals surface area contributed by atoms with Crippen molar-refractivity contribution in [3.05, 3.63) is 54.8 Å². The summed E-state index contributed by atoms with van der Waals surface area (Å²) in [7, 11) is -3.30. The van der Waals surface area contributed by atoms with Crippen LogP contribution in [0.15, 0.2) is 58.5 Å². The van der Waals surface area contributed by atoms with Crippen molar-refractivity contribution in [3.63, 3.8) is 0 Å². The highest BCUT2D eigenvalue weighted by Crippen LogP contribution is 2.32. The van der Waals surface area contributed by atoms with E-state index in [0.717, 1.165) is 42.6 Å². The molecule has 3 aromatic rings. The van der Waals surface area contributed by atoms with Gasteiger partial charge in [-0.2, -0.15) is 4.98 Å². The first kappa shape index (κ1) is 21.5. The number of hydrogen-bond donors (Lipinski definition) is 0. The van der Waals surface area contributed by atoms with E-state index in [2.05, 4.69) is 33.9 Å². The van der Waals surface area contributed by atoms with Crippen LogP contribution >= 0.6 is 0 Å². The summed E-state index contributed by atoms with van der Waals surface area (Å²) >= 11 is 0. The quantitative estimate of drug-likeness (QED) is 0.524. The van der Waals surface area contributed by atoms with E-state index in [0.29, 0.717) is 11.8 Å². The van der Waals surface area contributed by atoms with Crippen LogP contribution in [0.1, 0.15) is 32.2 Å². The number of hydrogen-bond acceptors (Lipinski definition) is 8. The number of rotatable bonds is 8. The normalized spacial score (nSPS) is 16.3. The molecular formula is C22H26N4O4S. The zero-order chi connectivity index (χ0) is 22.0. The molecule has 164 valence electrons. The van der Waals surface area contributed by atoms with Gasteiger partial charge in [0.2, 0.25) is 5.89 Å². The van der Waals surface area contributed by atoms with Gasteiger partial charge < -0.3 is 9.26 Å². The van der Waals surface area contributed by atoms with Gasteiger partial charge in [0.05, 0.1) is 6.04 Å². The Bertz CT molecular complexity index is 1090. The van der Waals surface area contributed by atoms with Gasteiger partial charge in [-0.15, -0.1) is 0 Å². The summed E-state index contributed by atoms with van der Waals surface area (Å²) in [5.74, 6) is 1.98. The van der Waals surface area contributed by atoms with Crippen LogP contribution in [-0.2, 0) is 9.84 Å². The Labute approximate surface area is 182 Å². The average Bonchev–Trinajstić information content (AvgIpc) is 3.23. The summed E-state index contributed by atoms with van der Waals surface area (Å²) < 4.78 is 34.5. The molecule has 0 aliphatic carbocycles. The molecule has 4 rings (SSSR count). The second-order valence-electron chi connectivity index (χ2n) is 8.30. The van der Waals surface area contributed by atoms with Gasteiger partial charge in [0, 0.05) is 31.1 Å². The minimum Gasteiger partial charge on any atom is -0.488 e. The van der Waals surface area contributed by atoms with Crippen LogP contribution in [0.3, 0.4) is 0 Å². The molecule has 0 bridgehead atoms. The van der Waals surface area contributed by atoms with E-state index >= 15 is 0 Å². The standard InChI is InChI=1S/C22H26N4O4S/c1-15(2)10-20(22-24-14-25-30-22)26-12-19(13-26)29-18-7-4-16(5-8-18)17-6-9-21(23-11-17)31(3,27)28/h4-9,11,14-15,19-20H,10,12-13H2,1-3H3. The lowest BCUT2D eigenvalue weighted by Crippen LogP contribution is -2.55. The maximum atomic E-state index is 11.6. The monoisotopic (exact) mass is 442 g/mol. The minimum absolute atomic E-state index is 0.0713. The third-order valence-corrected chi connectivity index (χ3v) is 6.28. The molecule has 1 aliphatic rings. The molecule has 0 spiro atoms. The van der Waals surface area contributed by atoms with Crippen molar-refractivity contribution in [1.82, 2.24) is 20.0 Å². The SMILES string of the molecule is CC(C)CC(c1ncno1)N1CC(Oc2ccc(-c3ccc(S(C)(=O)=O)nc3)cc2)C1. The molecule has 8 nitrogen and oxygen atoms in total. The second-order valence-corrected chi connectivity index (χ2v) is 10.3. The summed E-state index contributed by atoms with van der Waals surface area (Å²) in [6.45, 7) is 5.97. The number of pyridine rings is 1. The molecule has 0 radical (unpaired) electrons. The zero-order valence-corrected chi connectivity index (χ0v) is 18.6. The molecule has 2 aromatic heterocycles. The zero-order valence-electron chi connectivity index (χ0n) is 17.8. The number of sulfone groups is 1. The van der Waals surface area contributed by atoms with Crippen LogP contribution in [0.4, 0.5) is 0 Å². The van der Waals surface area contributed by atoms with Crippen molar-refractivity contribution in [2.24, 2.45) is 5.92 Å². The van der Waals surface area contributed by atoms with Gasteiger partial charge in [0.1, 0.15) is 11.9 Å². The Kier molecular flexibility index (Phi) is 6.06. The third kappa shape index (κ3) is 5.11. The Balaban J connectivity index is 1.35. The number of aromatic nitrogens is 3. The topological polar surface area (TPSA) is 98.4 Å². The molecular weight excluding hydrogens is 416 g/mol. The molecule has 1 fully saturated rings. The smallest absolute Gasteiger partial charge is 0.243 e. The molecule has 1 aromatic carbocycles. The van der Waals surface area contributed by atoms with Crippen molar-refractivity contribution in [2.45, 2.75) is 37.4 Å². The molecule has 1 saturated heterocycles. The van der Waals surface area contributed by atoms with E-state index in [1.165, 1.54) is 12.4 Å². The van der Waals surface area contributed by atoms with E-state index in [-0.39, 0.29) is 17.2 Å². The van der Waals surface area contributed by atoms with Gasteiger partial charge in [-0.25, -0.2) is 13.4 Å². The van der Waals surface area contributed by atoms with Gasteiger partial charge in [0.25, 0.3) is 0 Å². The van der Waals surface area contributed by atoms with Crippen molar-refractivity contribution >= 4 is 9.84 Å². The summed E-state index contributed by atoms with van der Waals surface area (Å²) in [5.41, 5.74) is 1.80. The first-order chi connectivity index (χ1) is 14.8. The highest BCUT2D eigenvalue weighted by atomic mass is 32.2. The van der Waals surface area contributed by atoms with Gasteiger partial charge in [-0.05, 0) is 42.2 Å². The molecule has 3 heterocycles. The Hall–Kier alpha value is -2.78. The predicted molar refractivity (Wildman–Crippen MR) is 115 cm³/mol. The predicted octanol–water partition coefficient (Wildman–Crippen LogP) is 3.39. The first-order valence-electron chi connectivity index (χ1n) is 10.2. The van der Waals surface area contributed by atoms with E-state index in [1.54, 1.807) is 12.3 Å². The maximum Gasteiger partial charge on any atom is 0.243 e. The van der Waals surface area contributed by atoms with Crippen molar-refractivity contribution in [3.8, 4) is 16.9 Å². The molecule has 0 saturated carbocycles. The molecule has 0 amide bonds. The Morgan fingerprint density at radius 2 is 1.81 bits per heavy atom. The van der Waals surface area contributed by atoms with Crippen molar-refractivity contribution in [1.29, 1.82) is 0 Å². The van der Waals surface area contributed by atoms with Crippen LogP contribution in [0.5, 0.6) is 5.75 Å². The number of ether oxygens (including phenoxy) is 1. The first-order valence-corrected chi connectivity index (χ1v) is 12.1. The second kappa shape index (κ2) is 8.76. The van der Waals surface area contributed by atoms with E-state index in [9.17, 15) is 8.42 Å². The summed E-state index contributed by atoms with van der Waals surface area (Å²) in [4.78, 5) is 10.6. The van der Waals surface area contributed by atoms with Crippen LogP contribution < -0.4 is 4.74 Å². The number of likely N-dealkylation sites (tertiary alicyclic amines) is 1. The Morgan fingerprint density at radius 3 is 2.35 bits per heavy atom.